The largest absolute Gasteiger partial charge is 0.394 e. The zero-order valence-corrected chi connectivity index (χ0v) is 7.28. The molecule has 0 aromatic carbocycles. The maximum atomic E-state index is 10.1. The molecule has 1 aliphatic rings. The summed E-state index contributed by atoms with van der Waals surface area (Å²) in [6.07, 6.45) is -4.94. The Labute approximate surface area is 79.9 Å². The van der Waals surface area contributed by atoms with Crippen LogP contribution < -0.4 is 5.32 Å². The third-order valence-corrected chi connectivity index (χ3v) is 2.16. The normalized spacial score (nSPS) is 43.3. The third kappa shape index (κ3) is 2.02. The molecule has 5 N–H and O–H groups in total. The maximum absolute atomic E-state index is 10.1. The second-order valence-corrected chi connectivity index (χ2v) is 3.04. The molecule has 82 valence electrons. The molecular formula is C7H13NO6. The lowest BCUT2D eigenvalue weighted by Crippen LogP contribution is -2.63. The van der Waals surface area contributed by atoms with Crippen LogP contribution in [-0.4, -0.2) is 64.1 Å². The van der Waals surface area contributed by atoms with Gasteiger partial charge in [0.1, 0.15) is 24.4 Å². The molecule has 0 saturated carbocycles. The molecule has 1 saturated heterocycles. The highest BCUT2D eigenvalue weighted by Crippen LogP contribution is 2.19. The second-order valence-electron chi connectivity index (χ2n) is 3.04. The fraction of sp³-hybridized carbons (Fsp3) is 0.857. The van der Waals surface area contributed by atoms with E-state index in [0.29, 0.717) is 0 Å². The first-order valence-electron chi connectivity index (χ1n) is 4.12. The van der Waals surface area contributed by atoms with E-state index < -0.39 is 37.3 Å². The van der Waals surface area contributed by atoms with Crippen molar-refractivity contribution in [2.75, 3.05) is 6.61 Å². The molecule has 0 bridgehead atoms. The van der Waals surface area contributed by atoms with Crippen molar-refractivity contribution in [3.8, 4) is 0 Å². The summed E-state index contributed by atoms with van der Waals surface area (Å²) >= 11 is 0. The molecule has 0 radical (unpaired) electrons. The molecule has 7 nitrogen and oxygen atoms in total. The maximum Gasteiger partial charge on any atom is 0.207 e. The third-order valence-electron chi connectivity index (χ3n) is 2.16. The average Bonchev–Trinajstić information content (AvgIpc) is 2.18. The molecule has 5 atom stereocenters. The van der Waals surface area contributed by atoms with Gasteiger partial charge in [0.15, 0.2) is 6.29 Å². The Balaban J connectivity index is 2.68. The van der Waals surface area contributed by atoms with Gasteiger partial charge >= 0.3 is 0 Å². The zero-order chi connectivity index (χ0) is 10.7. The van der Waals surface area contributed by atoms with E-state index >= 15 is 0 Å². The molecule has 0 aromatic rings. The Hall–Kier alpha value is -0.730. The summed E-state index contributed by atoms with van der Waals surface area (Å²) in [5, 5.41) is 38.9. The number of hydrogen-bond acceptors (Lipinski definition) is 6. The Morgan fingerprint density at radius 2 is 1.93 bits per heavy atom. The summed E-state index contributed by atoms with van der Waals surface area (Å²) in [4.78, 5) is 10.1. The summed E-state index contributed by atoms with van der Waals surface area (Å²) < 4.78 is 4.76. The number of carbonyl (C=O) groups excluding carboxylic acids is 1. The SMILES string of the molecule is O=CN[C@H]1[C@@H](O)[C@H](O)[C@@H](CO)O[C@@H]1O. The van der Waals surface area contributed by atoms with Gasteiger partial charge in [0, 0.05) is 0 Å². The topological polar surface area (TPSA) is 119 Å². The smallest absolute Gasteiger partial charge is 0.207 e. The Kier molecular flexibility index (Phi) is 3.78. The molecule has 1 aliphatic heterocycles. The quantitative estimate of drug-likeness (QED) is 0.307. The Bertz CT molecular complexity index is 201. The lowest BCUT2D eigenvalue weighted by atomic mass is 9.97. The number of aliphatic hydroxyl groups is 4. The van der Waals surface area contributed by atoms with Crippen molar-refractivity contribution in [3.63, 3.8) is 0 Å². The molecular weight excluding hydrogens is 194 g/mol. The number of aliphatic hydroxyl groups excluding tert-OH is 4. The van der Waals surface area contributed by atoms with Crippen LogP contribution in [0.2, 0.25) is 0 Å². The average molecular weight is 207 g/mol. The van der Waals surface area contributed by atoms with Crippen LogP contribution in [0.3, 0.4) is 0 Å². The van der Waals surface area contributed by atoms with Crippen molar-refractivity contribution in [3.05, 3.63) is 0 Å². The predicted octanol–water partition coefficient (Wildman–Crippen LogP) is -3.47. The van der Waals surface area contributed by atoms with Crippen LogP contribution in [0.4, 0.5) is 0 Å². The highest BCUT2D eigenvalue weighted by molar-refractivity contribution is 5.47. The van der Waals surface area contributed by atoms with Gasteiger partial charge in [-0.2, -0.15) is 0 Å². The van der Waals surface area contributed by atoms with E-state index in [4.69, 9.17) is 9.84 Å². The monoisotopic (exact) mass is 207 g/mol. The minimum Gasteiger partial charge on any atom is -0.394 e. The first-order chi connectivity index (χ1) is 6.61. The highest BCUT2D eigenvalue weighted by Gasteiger charge is 2.43. The zero-order valence-electron chi connectivity index (χ0n) is 7.28. The van der Waals surface area contributed by atoms with Crippen molar-refractivity contribution in [1.82, 2.24) is 5.32 Å². The standard InChI is InChI=1S/C7H13NO6/c9-1-3-5(11)6(12)4(8-2-10)7(13)14-3/h2-7,9,11-13H,1H2,(H,8,10)/t3-,4+,5-,6-,7+/m1/s1. The van der Waals surface area contributed by atoms with Crippen molar-refractivity contribution < 1.29 is 30.0 Å². The molecule has 1 rings (SSSR count). The molecule has 0 aromatic heterocycles. The van der Waals surface area contributed by atoms with Gasteiger partial charge in [0.2, 0.25) is 6.41 Å². The minimum absolute atomic E-state index is 0.284. The minimum atomic E-state index is -1.45. The summed E-state index contributed by atoms with van der Waals surface area (Å²) in [7, 11) is 0. The van der Waals surface area contributed by atoms with E-state index in [1.165, 1.54) is 0 Å². The van der Waals surface area contributed by atoms with E-state index in [1.807, 2.05) is 0 Å². The number of carbonyl (C=O) groups is 1. The number of amides is 1. The number of ether oxygens (including phenoxy) is 1. The van der Waals surface area contributed by atoms with E-state index in [2.05, 4.69) is 5.32 Å². The van der Waals surface area contributed by atoms with E-state index in [1.54, 1.807) is 0 Å². The van der Waals surface area contributed by atoms with Crippen molar-refractivity contribution in [1.29, 1.82) is 0 Å². The van der Waals surface area contributed by atoms with E-state index in [-0.39, 0.29) is 6.41 Å². The van der Waals surface area contributed by atoms with Crippen LogP contribution >= 0.6 is 0 Å². The summed E-state index contributed by atoms with van der Waals surface area (Å²) in [6.45, 7) is -0.525. The number of rotatable bonds is 3. The van der Waals surface area contributed by atoms with Gasteiger partial charge in [0.25, 0.3) is 0 Å². The summed E-state index contributed by atoms with van der Waals surface area (Å²) in [6, 6.07) is -1.09. The predicted molar refractivity (Wildman–Crippen MR) is 43.0 cm³/mol. The summed E-state index contributed by atoms with van der Waals surface area (Å²) in [5.41, 5.74) is 0. The van der Waals surface area contributed by atoms with Crippen molar-refractivity contribution in [2.24, 2.45) is 0 Å². The van der Waals surface area contributed by atoms with Gasteiger partial charge in [-0.1, -0.05) is 0 Å². The molecule has 0 spiro atoms. The lowest BCUT2D eigenvalue weighted by molar-refractivity contribution is -0.253. The Morgan fingerprint density at radius 1 is 1.29 bits per heavy atom. The van der Waals surface area contributed by atoms with Gasteiger partial charge in [-0.05, 0) is 0 Å². The molecule has 14 heavy (non-hydrogen) atoms. The van der Waals surface area contributed by atoms with Gasteiger partial charge in [-0.25, -0.2) is 0 Å². The Morgan fingerprint density at radius 3 is 2.43 bits per heavy atom. The van der Waals surface area contributed by atoms with Gasteiger partial charge in [0.05, 0.1) is 6.61 Å². The van der Waals surface area contributed by atoms with Crippen LogP contribution in [0.25, 0.3) is 0 Å². The highest BCUT2D eigenvalue weighted by atomic mass is 16.6. The first kappa shape index (κ1) is 11.3. The van der Waals surface area contributed by atoms with Crippen molar-refractivity contribution in [2.45, 2.75) is 30.6 Å². The molecule has 1 heterocycles. The fourth-order valence-corrected chi connectivity index (χ4v) is 1.36. The van der Waals surface area contributed by atoms with Crippen LogP contribution in [0.1, 0.15) is 0 Å². The molecule has 1 amide bonds. The van der Waals surface area contributed by atoms with Crippen molar-refractivity contribution >= 4 is 6.41 Å². The van der Waals surface area contributed by atoms with Gasteiger partial charge in [-0.3, -0.25) is 4.79 Å². The molecule has 0 aliphatic carbocycles. The van der Waals surface area contributed by atoms with Gasteiger partial charge < -0.3 is 30.5 Å². The van der Waals surface area contributed by atoms with Crippen LogP contribution in [0.15, 0.2) is 0 Å². The van der Waals surface area contributed by atoms with E-state index in [0.717, 1.165) is 0 Å². The van der Waals surface area contributed by atoms with Crippen LogP contribution in [-0.2, 0) is 9.53 Å². The molecule has 0 unspecified atom stereocenters. The second kappa shape index (κ2) is 4.67. The fourth-order valence-electron chi connectivity index (χ4n) is 1.36. The van der Waals surface area contributed by atoms with E-state index in [9.17, 15) is 20.1 Å². The van der Waals surface area contributed by atoms with Crippen LogP contribution in [0, 0.1) is 0 Å². The molecule has 7 heteroatoms. The molecule has 1 fully saturated rings. The summed E-state index contributed by atoms with van der Waals surface area (Å²) in [5.74, 6) is 0. The first-order valence-corrected chi connectivity index (χ1v) is 4.12. The number of hydrogen-bond donors (Lipinski definition) is 5. The van der Waals surface area contributed by atoms with Gasteiger partial charge in [-0.15, -0.1) is 0 Å². The van der Waals surface area contributed by atoms with Crippen LogP contribution in [0.5, 0.6) is 0 Å². The lowest BCUT2D eigenvalue weighted by Gasteiger charge is -2.39. The number of nitrogens with one attached hydrogen (secondary N) is 1.